The molecule has 1 atom stereocenters. The molecule has 6 nitrogen and oxygen atoms in total. The summed E-state index contributed by atoms with van der Waals surface area (Å²) in [6.45, 7) is 8.42. The molecule has 0 aliphatic carbocycles. The van der Waals surface area contributed by atoms with Gasteiger partial charge < -0.3 is 4.74 Å². The van der Waals surface area contributed by atoms with Crippen LogP contribution in [0.5, 0.6) is 0 Å². The predicted molar refractivity (Wildman–Crippen MR) is 111 cm³/mol. The Kier molecular flexibility index (Phi) is 7.02. The van der Waals surface area contributed by atoms with E-state index in [-0.39, 0.29) is 21.1 Å². The molecule has 0 saturated heterocycles. The molecule has 29 heavy (non-hydrogen) atoms. The summed E-state index contributed by atoms with van der Waals surface area (Å²) < 4.78 is 56.0. The second-order valence-electron chi connectivity index (χ2n) is 6.89. The molecule has 0 heterocycles. The first kappa shape index (κ1) is 22.8. The molecule has 1 unspecified atom stereocenters. The van der Waals surface area contributed by atoms with E-state index in [1.54, 1.807) is 24.3 Å². The first-order valence-corrected chi connectivity index (χ1v) is 12.0. The zero-order valence-electron chi connectivity index (χ0n) is 16.6. The van der Waals surface area contributed by atoms with Crippen molar-refractivity contribution in [2.24, 2.45) is 0 Å². The quantitative estimate of drug-likeness (QED) is 0.589. The third kappa shape index (κ3) is 6.01. The van der Waals surface area contributed by atoms with Gasteiger partial charge in [0.05, 0.1) is 15.5 Å². The number of carbonyl (C=O) groups excluding carboxylic acids is 1. The topological polar surface area (TPSA) is 94.6 Å². The number of rotatable bonds is 8. The lowest BCUT2D eigenvalue weighted by Gasteiger charge is -2.19. The van der Waals surface area contributed by atoms with Gasteiger partial charge in [-0.25, -0.2) is 16.8 Å². The first-order chi connectivity index (χ1) is 13.4. The third-order valence-corrected chi connectivity index (χ3v) is 7.91. The minimum Gasteiger partial charge on any atom is -0.461 e. The van der Waals surface area contributed by atoms with Crippen LogP contribution in [-0.4, -0.2) is 34.7 Å². The van der Waals surface area contributed by atoms with Crippen LogP contribution >= 0.6 is 0 Å². The van der Waals surface area contributed by atoms with E-state index in [1.165, 1.54) is 24.3 Å². The smallest absolute Gasteiger partial charge is 0.302 e. The summed E-state index contributed by atoms with van der Waals surface area (Å²) in [5.74, 6) is -1.24. The fourth-order valence-electron chi connectivity index (χ4n) is 2.70. The Hall–Kier alpha value is -2.45. The van der Waals surface area contributed by atoms with E-state index < -0.39 is 37.5 Å². The zero-order valence-corrected chi connectivity index (χ0v) is 18.2. The molecule has 0 fully saturated rings. The van der Waals surface area contributed by atoms with E-state index in [0.717, 1.165) is 18.1 Å². The zero-order chi connectivity index (χ0) is 21.8. The number of carbonyl (C=O) groups is 1. The Morgan fingerprint density at radius 3 is 1.79 bits per heavy atom. The van der Waals surface area contributed by atoms with Gasteiger partial charge in [0.1, 0.15) is 6.10 Å². The van der Waals surface area contributed by atoms with Gasteiger partial charge >= 0.3 is 5.97 Å². The van der Waals surface area contributed by atoms with Crippen LogP contribution in [0.3, 0.4) is 0 Å². The molecule has 0 aliphatic heterocycles. The molecule has 0 saturated carbocycles. The summed E-state index contributed by atoms with van der Waals surface area (Å²) in [5.41, 5.74) is 1.80. The van der Waals surface area contributed by atoms with Gasteiger partial charge in [0.15, 0.2) is 9.84 Å². The monoisotopic (exact) mass is 436 g/mol. The molecule has 0 bridgehead atoms. The molecule has 2 aromatic carbocycles. The van der Waals surface area contributed by atoms with E-state index in [1.807, 2.05) is 13.8 Å². The lowest BCUT2D eigenvalue weighted by Crippen LogP contribution is -2.27. The molecule has 0 aromatic heterocycles. The SMILES string of the molecule is C=C(CC(CS(=O)(=O)c1ccc(C)cc1)OC(C)=O)S(=O)(=O)c1ccc(C)cc1. The van der Waals surface area contributed by atoms with E-state index in [0.29, 0.717) is 0 Å². The molecule has 0 radical (unpaired) electrons. The lowest BCUT2D eigenvalue weighted by atomic mass is 10.2. The molecule has 156 valence electrons. The van der Waals surface area contributed by atoms with Gasteiger partial charge in [0.25, 0.3) is 0 Å². The summed E-state index contributed by atoms with van der Waals surface area (Å²) in [5, 5.41) is 0. The van der Waals surface area contributed by atoms with Crippen molar-refractivity contribution in [3.63, 3.8) is 0 Å². The highest BCUT2D eigenvalue weighted by atomic mass is 32.2. The van der Waals surface area contributed by atoms with Crippen molar-refractivity contribution >= 4 is 25.6 Å². The molecule has 0 aliphatic rings. The van der Waals surface area contributed by atoms with Crippen molar-refractivity contribution in [1.82, 2.24) is 0 Å². The van der Waals surface area contributed by atoms with Gasteiger partial charge in [-0.1, -0.05) is 42.0 Å². The summed E-state index contributed by atoms with van der Waals surface area (Å²) >= 11 is 0. The average Bonchev–Trinajstić information content (AvgIpc) is 2.61. The number of benzene rings is 2. The van der Waals surface area contributed by atoms with Gasteiger partial charge in [0.2, 0.25) is 9.84 Å². The van der Waals surface area contributed by atoms with Gasteiger partial charge in [-0.05, 0) is 38.1 Å². The van der Waals surface area contributed by atoms with Crippen molar-refractivity contribution in [2.45, 2.75) is 43.1 Å². The maximum absolute atomic E-state index is 12.7. The van der Waals surface area contributed by atoms with Crippen molar-refractivity contribution in [3.05, 3.63) is 71.1 Å². The summed E-state index contributed by atoms with van der Waals surface area (Å²) in [4.78, 5) is 11.4. The Labute approximate surface area is 172 Å². The molecule has 2 rings (SSSR count). The maximum atomic E-state index is 12.7. The highest BCUT2D eigenvalue weighted by molar-refractivity contribution is 7.95. The summed E-state index contributed by atoms with van der Waals surface area (Å²) in [6, 6.07) is 12.5. The third-order valence-electron chi connectivity index (χ3n) is 4.28. The highest BCUT2D eigenvalue weighted by Crippen LogP contribution is 2.24. The average molecular weight is 437 g/mol. The van der Waals surface area contributed by atoms with Gasteiger partial charge in [0, 0.05) is 18.2 Å². The number of esters is 1. The minimum absolute atomic E-state index is 0.0519. The number of sulfone groups is 2. The number of hydrogen-bond donors (Lipinski definition) is 0. The van der Waals surface area contributed by atoms with Crippen molar-refractivity contribution < 1.29 is 26.4 Å². The van der Waals surface area contributed by atoms with Gasteiger partial charge in [-0.15, -0.1) is 0 Å². The van der Waals surface area contributed by atoms with Crippen molar-refractivity contribution in [1.29, 1.82) is 0 Å². The van der Waals surface area contributed by atoms with Gasteiger partial charge in [-0.3, -0.25) is 4.79 Å². The fourth-order valence-corrected chi connectivity index (χ4v) is 5.36. The molecule has 0 N–H and O–H groups in total. The predicted octanol–water partition coefficient (Wildman–Crippen LogP) is 3.39. The molecular weight excluding hydrogens is 412 g/mol. The molecule has 2 aromatic rings. The fraction of sp³-hybridized carbons (Fsp3) is 0.286. The second-order valence-corrected chi connectivity index (χ2v) is 11.0. The number of ether oxygens (including phenoxy) is 1. The standard InChI is InChI=1S/C21H24O6S2/c1-15-5-9-20(10-6-15)28(23,24)14-19(27-18(4)22)13-17(3)29(25,26)21-11-7-16(2)8-12-21/h5-12,19H,3,13-14H2,1-2,4H3. The molecule has 8 heteroatoms. The molecule has 0 amide bonds. The number of hydrogen-bond acceptors (Lipinski definition) is 6. The minimum atomic E-state index is -3.89. The molecule has 0 spiro atoms. The number of aryl methyl sites for hydroxylation is 2. The lowest BCUT2D eigenvalue weighted by molar-refractivity contribution is -0.145. The van der Waals surface area contributed by atoms with E-state index in [9.17, 15) is 21.6 Å². The van der Waals surface area contributed by atoms with Crippen LogP contribution < -0.4 is 0 Å². The van der Waals surface area contributed by atoms with Crippen LogP contribution in [-0.2, 0) is 29.2 Å². The van der Waals surface area contributed by atoms with Crippen LogP contribution in [0.25, 0.3) is 0 Å². The van der Waals surface area contributed by atoms with Crippen LogP contribution in [0.2, 0.25) is 0 Å². The van der Waals surface area contributed by atoms with E-state index in [4.69, 9.17) is 4.74 Å². The first-order valence-electron chi connectivity index (χ1n) is 8.88. The normalized spacial score (nSPS) is 12.9. The van der Waals surface area contributed by atoms with Crippen molar-refractivity contribution in [2.75, 3.05) is 5.75 Å². The van der Waals surface area contributed by atoms with E-state index >= 15 is 0 Å². The molecular formula is C21H24O6S2. The Morgan fingerprint density at radius 1 is 0.897 bits per heavy atom. The van der Waals surface area contributed by atoms with Crippen molar-refractivity contribution in [3.8, 4) is 0 Å². The Bertz CT molecular complexity index is 1100. The maximum Gasteiger partial charge on any atom is 0.302 e. The summed E-state index contributed by atoms with van der Waals surface area (Å²) in [6.07, 6.45) is -1.49. The Morgan fingerprint density at radius 2 is 1.34 bits per heavy atom. The van der Waals surface area contributed by atoms with Crippen LogP contribution in [0.4, 0.5) is 0 Å². The van der Waals surface area contributed by atoms with Crippen LogP contribution in [0.15, 0.2) is 69.8 Å². The second kappa shape index (κ2) is 8.92. The summed E-state index contributed by atoms with van der Waals surface area (Å²) in [7, 11) is -7.69. The largest absolute Gasteiger partial charge is 0.461 e. The van der Waals surface area contributed by atoms with Crippen LogP contribution in [0, 0.1) is 13.8 Å². The highest BCUT2D eigenvalue weighted by Gasteiger charge is 2.28. The van der Waals surface area contributed by atoms with E-state index in [2.05, 4.69) is 6.58 Å². The van der Waals surface area contributed by atoms with Crippen LogP contribution in [0.1, 0.15) is 24.5 Å². The van der Waals surface area contributed by atoms with Gasteiger partial charge in [-0.2, -0.15) is 0 Å². The Balaban J connectivity index is 2.26.